The smallest absolute Gasteiger partial charge is 0.319 e. The maximum Gasteiger partial charge on any atom is 0.319 e. The molecule has 0 saturated heterocycles. The molecule has 0 aromatic heterocycles. The third-order valence-corrected chi connectivity index (χ3v) is 3.12. The summed E-state index contributed by atoms with van der Waals surface area (Å²) in [6, 6.07) is 7.60. The molecule has 0 aliphatic carbocycles. The van der Waals surface area contributed by atoms with E-state index in [0.29, 0.717) is 6.54 Å². The number of rotatable bonds is 4. The molecule has 1 unspecified atom stereocenters. The Morgan fingerprint density at radius 1 is 1.26 bits per heavy atom. The minimum atomic E-state index is -0.183. The average molecular weight is 263 g/mol. The van der Waals surface area contributed by atoms with Gasteiger partial charge in [0, 0.05) is 11.7 Å². The molecule has 106 valence electrons. The van der Waals surface area contributed by atoms with Gasteiger partial charge in [0.1, 0.15) is 0 Å². The highest BCUT2D eigenvalue weighted by Crippen LogP contribution is 2.21. The van der Waals surface area contributed by atoms with E-state index >= 15 is 0 Å². The van der Waals surface area contributed by atoms with Crippen LogP contribution in [0.4, 0.5) is 10.5 Å². The van der Waals surface area contributed by atoms with Crippen LogP contribution in [0, 0.1) is 12.3 Å². The van der Waals surface area contributed by atoms with Crippen LogP contribution in [0.5, 0.6) is 0 Å². The van der Waals surface area contributed by atoms with Gasteiger partial charge in [0.25, 0.3) is 0 Å². The number of nitrogens with two attached hydrogens (primary N) is 1. The topological polar surface area (TPSA) is 67.2 Å². The van der Waals surface area contributed by atoms with Crippen molar-refractivity contribution in [2.75, 3.05) is 11.9 Å². The summed E-state index contributed by atoms with van der Waals surface area (Å²) in [6.45, 7) is 8.87. The Balaban J connectivity index is 2.60. The number of benzene rings is 1. The van der Waals surface area contributed by atoms with Crippen LogP contribution in [0.1, 0.15) is 32.8 Å². The zero-order chi connectivity index (χ0) is 14.5. The molecule has 0 aliphatic heterocycles. The van der Waals surface area contributed by atoms with Crippen molar-refractivity contribution in [3.05, 3.63) is 29.8 Å². The fourth-order valence-corrected chi connectivity index (χ4v) is 1.85. The van der Waals surface area contributed by atoms with Crippen LogP contribution in [0.15, 0.2) is 24.3 Å². The number of carbonyl (C=O) groups is 1. The number of hydrogen-bond acceptors (Lipinski definition) is 2. The zero-order valence-corrected chi connectivity index (χ0v) is 12.3. The Labute approximate surface area is 115 Å². The fraction of sp³-hybridized carbons (Fsp3) is 0.533. The second kappa shape index (κ2) is 6.57. The van der Waals surface area contributed by atoms with Gasteiger partial charge >= 0.3 is 6.03 Å². The molecule has 0 fully saturated rings. The molecule has 1 atom stereocenters. The third-order valence-electron chi connectivity index (χ3n) is 3.12. The predicted molar refractivity (Wildman–Crippen MR) is 80.2 cm³/mol. The summed E-state index contributed by atoms with van der Waals surface area (Å²) in [4.78, 5) is 12.0. The van der Waals surface area contributed by atoms with Crippen LogP contribution in [0.2, 0.25) is 0 Å². The van der Waals surface area contributed by atoms with Crippen LogP contribution < -0.4 is 16.4 Å². The first-order valence-corrected chi connectivity index (χ1v) is 6.67. The summed E-state index contributed by atoms with van der Waals surface area (Å²) in [5.74, 6) is 0. The molecule has 4 nitrogen and oxygen atoms in total. The molecule has 19 heavy (non-hydrogen) atoms. The van der Waals surface area contributed by atoms with Crippen molar-refractivity contribution >= 4 is 11.7 Å². The highest BCUT2D eigenvalue weighted by molar-refractivity contribution is 5.89. The molecule has 0 heterocycles. The van der Waals surface area contributed by atoms with Gasteiger partial charge < -0.3 is 16.4 Å². The average Bonchev–Trinajstić information content (AvgIpc) is 2.30. The van der Waals surface area contributed by atoms with Crippen LogP contribution >= 0.6 is 0 Å². The molecule has 4 N–H and O–H groups in total. The van der Waals surface area contributed by atoms with E-state index < -0.39 is 0 Å². The Bertz CT molecular complexity index is 406. The SMILES string of the molecule is Cc1ccc(NC(=O)NC(CCN)C(C)(C)C)cc1. The number of hydrogen-bond donors (Lipinski definition) is 3. The molecule has 1 aromatic rings. The molecular weight excluding hydrogens is 238 g/mol. The van der Waals surface area contributed by atoms with Crippen molar-refractivity contribution in [1.29, 1.82) is 0 Å². The zero-order valence-electron chi connectivity index (χ0n) is 12.3. The number of urea groups is 1. The number of aryl methyl sites for hydroxylation is 1. The van der Waals surface area contributed by atoms with E-state index in [1.165, 1.54) is 5.56 Å². The van der Waals surface area contributed by atoms with Crippen molar-refractivity contribution in [3.63, 3.8) is 0 Å². The number of carbonyl (C=O) groups excluding carboxylic acids is 1. The fourth-order valence-electron chi connectivity index (χ4n) is 1.85. The molecule has 0 aliphatic rings. The molecule has 0 saturated carbocycles. The second-order valence-electron chi connectivity index (χ2n) is 5.96. The first-order valence-electron chi connectivity index (χ1n) is 6.67. The summed E-state index contributed by atoms with van der Waals surface area (Å²) >= 11 is 0. The predicted octanol–water partition coefficient (Wildman–Crippen LogP) is 2.88. The lowest BCUT2D eigenvalue weighted by atomic mass is 9.85. The molecule has 1 aromatic carbocycles. The minimum Gasteiger partial charge on any atom is -0.335 e. The number of anilines is 1. The van der Waals surface area contributed by atoms with E-state index in [4.69, 9.17) is 5.73 Å². The summed E-state index contributed by atoms with van der Waals surface area (Å²) in [6.07, 6.45) is 0.769. The first-order chi connectivity index (χ1) is 8.82. The van der Waals surface area contributed by atoms with Crippen molar-refractivity contribution in [1.82, 2.24) is 5.32 Å². The normalized spacial score (nSPS) is 12.9. The van der Waals surface area contributed by atoms with Crippen molar-refractivity contribution in [2.24, 2.45) is 11.1 Å². The first kappa shape index (κ1) is 15.5. The Morgan fingerprint density at radius 2 is 1.84 bits per heavy atom. The monoisotopic (exact) mass is 263 g/mol. The molecule has 2 amide bonds. The third kappa shape index (κ3) is 5.30. The van der Waals surface area contributed by atoms with Crippen LogP contribution in [-0.2, 0) is 0 Å². The largest absolute Gasteiger partial charge is 0.335 e. The molecule has 0 bridgehead atoms. The molecule has 4 heteroatoms. The van der Waals surface area contributed by atoms with E-state index in [-0.39, 0.29) is 17.5 Å². The number of amides is 2. The van der Waals surface area contributed by atoms with E-state index in [0.717, 1.165) is 12.1 Å². The van der Waals surface area contributed by atoms with Crippen molar-refractivity contribution in [2.45, 2.75) is 40.2 Å². The van der Waals surface area contributed by atoms with Gasteiger partial charge in [-0.2, -0.15) is 0 Å². The summed E-state index contributed by atoms with van der Waals surface area (Å²) in [5.41, 5.74) is 7.55. The van der Waals surface area contributed by atoms with E-state index in [9.17, 15) is 4.79 Å². The van der Waals surface area contributed by atoms with Crippen LogP contribution in [0.25, 0.3) is 0 Å². The molecular formula is C15H25N3O. The van der Waals surface area contributed by atoms with Gasteiger partial charge in [0.15, 0.2) is 0 Å². The minimum absolute atomic E-state index is 0.00993. The highest BCUT2D eigenvalue weighted by atomic mass is 16.2. The lowest BCUT2D eigenvalue weighted by molar-refractivity contribution is 0.225. The van der Waals surface area contributed by atoms with E-state index in [1.54, 1.807) is 0 Å². The quantitative estimate of drug-likeness (QED) is 0.782. The summed E-state index contributed by atoms with van der Waals surface area (Å²) in [7, 11) is 0. The van der Waals surface area contributed by atoms with Crippen molar-refractivity contribution in [3.8, 4) is 0 Å². The van der Waals surface area contributed by atoms with Gasteiger partial charge in [0.2, 0.25) is 0 Å². The van der Waals surface area contributed by atoms with E-state index in [1.807, 2.05) is 31.2 Å². The number of nitrogens with one attached hydrogen (secondary N) is 2. The molecule has 0 radical (unpaired) electrons. The van der Waals surface area contributed by atoms with E-state index in [2.05, 4.69) is 31.4 Å². The standard InChI is InChI=1S/C15H25N3O/c1-11-5-7-12(8-6-11)17-14(19)18-13(9-10-16)15(2,3)4/h5-8,13H,9-10,16H2,1-4H3,(H2,17,18,19). The van der Waals surface area contributed by atoms with Gasteiger partial charge in [0.05, 0.1) is 0 Å². The lowest BCUT2D eigenvalue weighted by Gasteiger charge is -2.31. The van der Waals surface area contributed by atoms with Gasteiger partial charge in [-0.05, 0) is 37.4 Å². The maximum atomic E-state index is 12.0. The lowest BCUT2D eigenvalue weighted by Crippen LogP contribution is -2.46. The highest BCUT2D eigenvalue weighted by Gasteiger charge is 2.25. The van der Waals surface area contributed by atoms with Crippen molar-refractivity contribution < 1.29 is 4.79 Å². The van der Waals surface area contributed by atoms with Gasteiger partial charge in [-0.25, -0.2) is 4.79 Å². The van der Waals surface area contributed by atoms with Crippen LogP contribution in [0.3, 0.4) is 0 Å². The Kier molecular flexibility index (Phi) is 5.36. The second-order valence-corrected chi connectivity index (χ2v) is 5.96. The van der Waals surface area contributed by atoms with Gasteiger partial charge in [-0.1, -0.05) is 38.5 Å². The van der Waals surface area contributed by atoms with Gasteiger partial charge in [-0.15, -0.1) is 0 Å². The Hall–Kier alpha value is -1.55. The van der Waals surface area contributed by atoms with Gasteiger partial charge in [-0.3, -0.25) is 0 Å². The summed E-state index contributed by atoms with van der Waals surface area (Å²) in [5, 5.41) is 5.83. The maximum absolute atomic E-state index is 12.0. The molecule has 0 spiro atoms. The molecule has 1 rings (SSSR count). The van der Waals surface area contributed by atoms with Crippen LogP contribution in [-0.4, -0.2) is 18.6 Å². The summed E-state index contributed by atoms with van der Waals surface area (Å²) < 4.78 is 0. The Morgan fingerprint density at radius 3 is 2.32 bits per heavy atom.